The Kier molecular flexibility index (Phi) is 4.21. The molecule has 0 unspecified atom stereocenters. The maximum atomic E-state index is 9.65. The predicted molar refractivity (Wildman–Crippen MR) is 100 cm³/mol. The third kappa shape index (κ3) is 2.41. The van der Waals surface area contributed by atoms with Crippen LogP contribution in [-0.4, -0.2) is 6.10 Å². The topological polar surface area (TPSA) is 33.0 Å². The number of fused-ring (bicyclic) bond motifs is 5. The van der Waals surface area contributed by atoms with Crippen LogP contribution in [0.2, 0.25) is 0 Å². The monoisotopic (exact) mass is 341 g/mol. The van der Waals surface area contributed by atoms with E-state index in [0.717, 1.165) is 30.1 Å². The molecule has 9 atom stereocenters. The van der Waals surface area contributed by atoms with Crippen molar-refractivity contribution in [2.45, 2.75) is 78.2 Å². The second-order valence-electron chi connectivity index (χ2n) is 10.2. The molecule has 4 fully saturated rings. The van der Waals surface area contributed by atoms with E-state index >= 15 is 0 Å². The van der Waals surface area contributed by atoms with Crippen LogP contribution in [0.15, 0.2) is 12.8 Å². The predicted octanol–water partition coefficient (Wildman–Crippen LogP) is 5.94. The van der Waals surface area contributed by atoms with E-state index in [4.69, 9.17) is 4.74 Å². The quantitative estimate of drug-likeness (QED) is 0.582. The van der Waals surface area contributed by atoms with Crippen LogP contribution in [0.25, 0.3) is 0 Å². The summed E-state index contributed by atoms with van der Waals surface area (Å²) >= 11 is 0. The van der Waals surface area contributed by atoms with Crippen molar-refractivity contribution in [1.82, 2.24) is 0 Å². The van der Waals surface area contributed by atoms with Crippen molar-refractivity contribution in [3.8, 4) is 6.07 Å². The van der Waals surface area contributed by atoms with Gasteiger partial charge in [-0.25, -0.2) is 0 Å². The molecule has 2 heteroatoms. The summed E-state index contributed by atoms with van der Waals surface area (Å²) in [6.07, 6.45) is 12.4. The van der Waals surface area contributed by atoms with Crippen LogP contribution in [0.1, 0.15) is 72.1 Å². The molecule has 0 N–H and O–H groups in total. The lowest BCUT2D eigenvalue weighted by atomic mass is 9.44. The van der Waals surface area contributed by atoms with Crippen molar-refractivity contribution in [3.63, 3.8) is 0 Å². The highest BCUT2D eigenvalue weighted by Crippen LogP contribution is 2.67. The summed E-state index contributed by atoms with van der Waals surface area (Å²) in [4.78, 5) is 0. The van der Waals surface area contributed by atoms with Gasteiger partial charge in [0.05, 0.1) is 18.2 Å². The third-order valence-electron chi connectivity index (χ3n) is 9.42. The number of rotatable bonds is 2. The summed E-state index contributed by atoms with van der Waals surface area (Å²) in [6.45, 7) is 11.2. The van der Waals surface area contributed by atoms with Gasteiger partial charge in [-0.1, -0.05) is 27.4 Å². The molecule has 0 aromatic rings. The smallest absolute Gasteiger partial charge is 0.101 e. The van der Waals surface area contributed by atoms with Crippen molar-refractivity contribution in [3.05, 3.63) is 12.8 Å². The molecular formula is C23H35NO. The molecule has 0 spiro atoms. The summed E-state index contributed by atoms with van der Waals surface area (Å²) in [6, 6.07) is 2.66. The zero-order chi connectivity index (χ0) is 17.8. The molecule has 4 rings (SSSR count). The Morgan fingerprint density at radius 1 is 1.08 bits per heavy atom. The van der Waals surface area contributed by atoms with Crippen LogP contribution < -0.4 is 0 Å². The molecule has 0 bridgehead atoms. The first-order chi connectivity index (χ1) is 11.9. The molecule has 0 aromatic heterocycles. The first-order valence-electron chi connectivity index (χ1n) is 10.6. The molecule has 2 nitrogen and oxygen atoms in total. The van der Waals surface area contributed by atoms with Gasteiger partial charge in [-0.05, 0) is 91.8 Å². The van der Waals surface area contributed by atoms with Gasteiger partial charge in [0.25, 0.3) is 0 Å². The average Bonchev–Trinajstić information content (AvgIpc) is 2.93. The average molecular weight is 342 g/mol. The van der Waals surface area contributed by atoms with E-state index in [1.807, 2.05) is 0 Å². The fourth-order valence-electron chi connectivity index (χ4n) is 7.99. The second-order valence-corrected chi connectivity index (χ2v) is 10.2. The van der Waals surface area contributed by atoms with Gasteiger partial charge in [-0.3, -0.25) is 0 Å². The summed E-state index contributed by atoms with van der Waals surface area (Å²) in [5.41, 5.74) is 0.716. The molecule has 0 amide bonds. The van der Waals surface area contributed by atoms with E-state index in [-0.39, 0.29) is 5.41 Å². The van der Waals surface area contributed by atoms with Crippen molar-refractivity contribution in [1.29, 1.82) is 5.26 Å². The number of nitrogens with zero attached hydrogens (tertiary/aromatic N) is 1. The van der Waals surface area contributed by atoms with Crippen LogP contribution in [0.4, 0.5) is 0 Å². The second kappa shape index (κ2) is 6.04. The first kappa shape index (κ1) is 17.4. The molecular weight excluding hydrogens is 306 g/mol. The molecule has 138 valence electrons. The maximum Gasteiger partial charge on any atom is 0.101 e. The van der Waals surface area contributed by atoms with Gasteiger partial charge in [-0.15, -0.1) is 0 Å². The summed E-state index contributed by atoms with van der Waals surface area (Å²) in [5.74, 6) is 4.28. The van der Waals surface area contributed by atoms with E-state index in [1.54, 1.807) is 6.26 Å². The van der Waals surface area contributed by atoms with Crippen LogP contribution in [0.3, 0.4) is 0 Å². The highest BCUT2D eigenvalue weighted by molar-refractivity contribution is 5.13. The Hall–Kier alpha value is -0.970. The Morgan fingerprint density at radius 3 is 2.56 bits per heavy atom. The van der Waals surface area contributed by atoms with Crippen molar-refractivity contribution in [2.75, 3.05) is 0 Å². The van der Waals surface area contributed by atoms with E-state index in [0.29, 0.717) is 23.4 Å². The minimum Gasteiger partial charge on any atom is -0.498 e. The third-order valence-corrected chi connectivity index (χ3v) is 9.42. The van der Waals surface area contributed by atoms with Gasteiger partial charge in [0.1, 0.15) is 6.10 Å². The minimum absolute atomic E-state index is 0.290. The van der Waals surface area contributed by atoms with Gasteiger partial charge >= 0.3 is 0 Å². The van der Waals surface area contributed by atoms with Crippen LogP contribution in [-0.2, 0) is 4.74 Å². The molecule has 25 heavy (non-hydrogen) atoms. The summed E-state index contributed by atoms with van der Waals surface area (Å²) < 4.78 is 5.95. The fraction of sp³-hybridized carbons (Fsp3) is 0.870. The fourth-order valence-corrected chi connectivity index (χ4v) is 7.99. The van der Waals surface area contributed by atoms with Crippen LogP contribution >= 0.6 is 0 Å². The standard InChI is InChI=1S/C23H35NO/c1-5-25-21-13-23(4)16(12-15(21)2)6-8-18-19-9-7-17(14-24)22(19,3)11-10-20(18)23/h5,15-21H,1,6-13H2,2-4H3/t15-,16-,17+,18-,19-,20-,21-,22+,23-/m0/s1. The van der Waals surface area contributed by atoms with Crippen LogP contribution in [0, 0.1) is 57.7 Å². The van der Waals surface area contributed by atoms with Crippen molar-refractivity contribution >= 4 is 0 Å². The zero-order valence-corrected chi connectivity index (χ0v) is 16.3. The van der Waals surface area contributed by atoms with Crippen molar-refractivity contribution < 1.29 is 4.74 Å². The lowest BCUT2D eigenvalue weighted by Crippen LogP contribution is -2.55. The maximum absolute atomic E-state index is 9.65. The molecule has 4 aliphatic rings. The van der Waals surface area contributed by atoms with Crippen LogP contribution in [0.5, 0.6) is 0 Å². The summed E-state index contributed by atoms with van der Waals surface area (Å²) in [7, 11) is 0. The Bertz CT molecular complexity index is 579. The van der Waals surface area contributed by atoms with E-state index < -0.39 is 0 Å². The molecule has 0 saturated heterocycles. The Labute approximate surface area is 154 Å². The Morgan fingerprint density at radius 2 is 1.84 bits per heavy atom. The number of hydrogen-bond donors (Lipinski definition) is 0. The lowest BCUT2D eigenvalue weighted by Gasteiger charge is -2.61. The highest BCUT2D eigenvalue weighted by atomic mass is 16.5. The van der Waals surface area contributed by atoms with Crippen molar-refractivity contribution in [2.24, 2.45) is 46.3 Å². The SMILES string of the molecule is C=CO[C@H]1C[C@@]2(C)[C@@H](CC[C@@H]3[C@@H]2CC[C@]2(C)[C@@H](C#N)CC[C@@H]32)C[C@@H]1C. The first-order valence-corrected chi connectivity index (χ1v) is 10.6. The highest BCUT2D eigenvalue weighted by Gasteiger charge is 2.61. The molecule has 4 saturated carbocycles. The van der Waals surface area contributed by atoms with E-state index in [1.165, 1.54) is 44.9 Å². The normalized spacial score (nSPS) is 54.6. The lowest BCUT2D eigenvalue weighted by molar-refractivity contribution is -0.141. The largest absolute Gasteiger partial charge is 0.498 e. The number of nitriles is 1. The minimum atomic E-state index is 0.290. The van der Waals surface area contributed by atoms with Gasteiger partial charge in [-0.2, -0.15) is 5.26 Å². The number of ether oxygens (including phenoxy) is 1. The zero-order valence-electron chi connectivity index (χ0n) is 16.3. The van der Waals surface area contributed by atoms with Gasteiger partial charge in [0.15, 0.2) is 0 Å². The molecule has 0 aromatic carbocycles. The van der Waals surface area contributed by atoms with E-state index in [2.05, 4.69) is 33.4 Å². The number of hydrogen-bond acceptors (Lipinski definition) is 2. The van der Waals surface area contributed by atoms with Gasteiger partial charge in [0.2, 0.25) is 0 Å². The van der Waals surface area contributed by atoms with Gasteiger partial charge < -0.3 is 4.74 Å². The molecule has 0 radical (unpaired) electrons. The molecule has 4 aliphatic carbocycles. The molecule has 0 heterocycles. The van der Waals surface area contributed by atoms with Gasteiger partial charge in [0, 0.05) is 0 Å². The summed E-state index contributed by atoms with van der Waals surface area (Å²) in [5, 5.41) is 9.65. The molecule has 0 aliphatic heterocycles. The van der Waals surface area contributed by atoms with E-state index in [9.17, 15) is 5.26 Å². The Balaban J connectivity index is 1.61.